The molecule has 0 N–H and O–H groups in total. The maximum atomic E-state index is 5.97. The summed E-state index contributed by atoms with van der Waals surface area (Å²) >= 11 is 5.97. The van der Waals surface area contributed by atoms with Crippen molar-refractivity contribution in [2.45, 2.75) is 46.1 Å². The van der Waals surface area contributed by atoms with Gasteiger partial charge in [0.1, 0.15) is 0 Å². The van der Waals surface area contributed by atoms with Crippen molar-refractivity contribution in [1.29, 1.82) is 0 Å². The molecule has 1 aromatic heterocycles. The van der Waals surface area contributed by atoms with E-state index >= 15 is 0 Å². The lowest BCUT2D eigenvalue weighted by molar-refractivity contribution is 0.291. The van der Waals surface area contributed by atoms with E-state index in [4.69, 9.17) is 16.3 Å². The van der Waals surface area contributed by atoms with Crippen LogP contribution >= 0.6 is 11.6 Å². The molecule has 0 bridgehead atoms. The van der Waals surface area contributed by atoms with E-state index < -0.39 is 0 Å². The fourth-order valence-corrected chi connectivity index (χ4v) is 2.03. The highest BCUT2D eigenvalue weighted by Crippen LogP contribution is 2.31. The summed E-state index contributed by atoms with van der Waals surface area (Å²) in [7, 11) is 0. The van der Waals surface area contributed by atoms with Crippen LogP contribution in [0.3, 0.4) is 0 Å². The molecule has 0 aliphatic heterocycles. The number of ether oxygens (including phenoxy) is 1. The Morgan fingerprint density at radius 2 is 2.05 bits per heavy atom. The monoisotopic (exact) mass is 284 g/mol. The molecule has 1 saturated carbocycles. The Bertz CT molecular complexity index is 423. The molecule has 0 spiro atoms. The van der Waals surface area contributed by atoms with Gasteiger partial charge in [0.25, 0.3) is 0 Å². The van der Waals surface area contributed by atoms with E-state index in [9.17, 15) is 0 Å². The van der Waals surface area contributed by atoms with E-state index in [2.05, 4.69) is 33.7 Å². The highest BCUT2D eigenvalue weighted by Gasteiger charge is 2.31. The Labute approximate surface area is 119 Å². The summed E-state index contributed by atoms with van der Waals surface area (Å²) in [4.78, 5) is 14.9. The van der Waals surface area contributed by atoms with Crippen LogP contribution in [0.15, 0.2) is 0 Å². The molecular formula is C13H21ClN4O. The molecule has 1 aliphatic rings. The first-order valence-corrected chi connectivity index (χ1v) is 7.29. The van der Waals surface area contributed by atoms with E-state index in [0.29, 0.717) is 30.5 Å². The maximum absolute atomic E-state index is 5.97. The second-order valence-electron chi connectivity index (χ2n) is 5.31. The molecule has 0 amide bonds. The minimum absolute atomic E-state index is 0.200. The van der Waals surface area contributed by atoms with Gasteiger partial charge in [0, 0.05) is 12.6 Å². The van der Waals surface area contributed by atoms with Gasteiger partial charge < -0.3 is 9.64 Å². The van der Waals surface area contributed by atoms with Crippen LogP contribution in [-0.2, 0) is 0 Å². The zero-order valence-corrected chi connectivity index (χ0v) is 12.5. The standard InChI is InChI=1S/C13H21ClN4O/c1-4-7-19-13-16-11(14)15-12(17-13)18(8-9(2)3)10-5-6-10/h9-10H,4-8H2,1-3H3. The molecule has 19 heavy (non-hydrogen) atoms. The van der Waals surface area contributed by atoms with Crippen molar-refractivity contribution in [3.05, 3.63) is 5.28 Å². The van der Waals surface area contributed by atoms with Gasteiger partial charge in [0.05, 0.1) is 6.61 Å². The molecule has 6 heteroatoms. The van der Waals surface area contributed by atoms with E-state index in [-0.39, 0.29) is 5.28 Å². The molecule has 2 rings (SSSR count). The molecule has 0 aromatic carbocycles. The average molecular weight is 285 g/mol. The number of aromatic nitrogens is 3. The number of hydrogen-bond donors (Lipinski definition) is 0. The summed E-state index contributed by atoms with van der Waals surface area (Å²) in [6.07, 6.45) is 3.30. The number of hydrogen-bond acceptors (Lipinski definition) is 5. The van der Waals surface area contributed by atoms with E-state index in [1.807, 2.05) is 6.92 Å². The Morgan fingerprint density at radius 1 is 1.32 bits per heavy atom. The molecular weight excluding hydrogens is 264 g/mol. The van der Waals surface area contributed by atoms with Crippen LogP contribution in [0, 0.1) is 5.92 Å². The van der Waals surface area contributed by atoms with Gasteiger partial charge in [0.15, 0.2) is 0 Å². The third kappa shape index (κ3) is 4.20. The van der Waals surface area contributed by atoms with Crippen LogP contribution < -0.4 is 9.64 Å². The first-order chi connectivity index (χ1) is 9.10. The highest BCUT2D eigenvalue weighted by molar-refractivity contribution is 6.28. The lowest BCUT2D eigenvalue weighted by Crippen LogP contribution is -2.31. The first kappa shape index (κ1) is 14.3. The number of nitrogens with zero attached hydrogens (tertiary/aromatic N) is 4. The van der Waals surface area contributed by atoms with Crippen LogP contribution in [0.4, 0.5) is 5.95 Å². The lowest BCUT2D eigenvalue weighted by atomic mass is 10.2. The molecule has 1 aromatic rings. The van der Waals surface area contributed by atoms with Crippen molar-refractivity contribution in [3.8, 4) is 6.01 Å². The normalized spacial score (nSPS) is 14.8. The average Bonchev–Trinajstić information content (AvgIpc) is 3.16. The van der Waals surface area contributed by atoms with Crippen molar-refractivity contribution in [3.63, 3.8) is 0 Å². The van der Waals surface area contributed by atoms with Gasteiger partial charge in [-0.2, -0.15) is 15.0 Å². The zero-order chi connectivity index (χ0) is 13.8. The number of anilines is 1. The van der Waals surface area contributed by atoms with Crippen LogP contribution in [0.2, 0.25) is 5.28 Å². The highest BCUT2D eigenvalue weighted by atomic mass is 35.5. The van der Waals surface area contributed by atoms with Crippen molar-refractivity contribution < 1.29 is 4.74 Å². The minimum Gasteiger partial charge on any atom is -0.463 e. The molecule has 0 radical (unpaired) electrons. The Morgan fingerprint density at radius 3 is 2.63 bits per heavy atom. The molecule has 1 fully saturated rings. The summed E-state index contributed by atoms with van der Waals surface area (Å²) < 4.78 is 5.46. The van der Waals surface area contributed by atoms with Crippen LogP contribution in [0.1, 0.15) is 40.0 Å². The fourth-order valence-electron chi connectivity index (χ4n) is 1.88. The predicted octanol–water partition coefficient (Wildman–Crippen LogP) is 2.94. The zero-order valence-electron chi connectivity index (χ0n) is 11.8. The smallest absolute Gasteiger partial charge is 0.322 e. The van der Waals surface area contributed by atoms with E-state index in [0.717, 1.165) is 13.0 Å². The van der Waals surface area contributed by atoms with Crippen LogP contribution in [-0.4, -0.2) is 34.1 Å². The second-order valence-corrected chi connectivity index (χ2v) is 5.65. The molecule has 5 nitrogen and oxygen atoms in total. The van der Waals surface area contributed by atoms with Crippen LogP contribution in [0.5, 0.6) is 6.01 Å². The van der Waals surface area contributed by atoms with Gasteiger partial charge in [-0.3, -0.25) is 0 Å². The predicted molar refractivity (Wildman–Crippen MR) is 75.8 cm³/mol. The van der Waals surface area contributed by atoms with Gasteiger partial charge in [-0.1, -0.05) is 20.8 Å². The van der Waals surface area contributed by atoms with E-state index in [1.165, 1.54) is 12.8 Å². The third-order valence-electron chi connectivity index (χ3n) is 2.82. The van der Waals surface area contributed by atoms with Crippen molar-refractivity contribution in [2.24, 2.45) is 5.92 Å². The summed E-state index contributed by atoms with van der Waals surface area (Å²) in [6, 6.07) is 0.867. The Kier molecular flexibility index (Phi) is 4.80. The van der Waals surface area contributed by atoms with Crippen molar-refractivity contribution in [2.75, 3.05) is 18.1 Å². The molecule has 1 aliphatic carbocycles. The minimum atomic E-state index is 0.200. The fraction of sp³-hybridized carbons (Fsp3) is 0.769. The van der Waals surface area contributed by atoms with Crippen molar-refractivity contribution in [1.82, 2.24) is 15.0 Å². The maximum Gasteiger partial charge on any atom is 0.322 e. The number of rotatable bonds is 7. The molecule has 106 valence electrons. The van der Waals surface area contributed by atoms with E-state index in [1.54, 1.807) is 0 Å². The molecule has 0 atom stereocenters. The molecule has 1 heterocycles. The lowest BCUT2D eigenvalue weighted by Gasteiger charge is -2.24. The summed E-state index contributed by atoms with van der Waals surface area (Å²) in [5.41, 5.74) is 0. The Hall–Kier alpha value is -1.10. The summed E-state index contributed by atoms with van der Waals surface area (Å²) in [6.45, 7) is 7.93. The third-order valence-corrected chi connectivity index (χ3v) is 2.99. The quantitative estimate of drug-likeness (QED) is 0.770. The topological polar surface area (TPSA) is 51.1 Å². The molecule has 0 unspecified atom stereocenters. The van der Waals surface area contributed by atoms with Gasteiger partial charge in [-0.05, 0) is 36.8 Å². The van der Waals surface area contributed by atoms with Crippen LogP contribution in [0.25, 0.3) is 0 Å². The first-order valence-electron chi connectivity index (χ1n) is 6.91. The molecule has 0 saturated heterocycles. The second kappa shape index (κ2) is 6.37. The van der Waals surface area contributed by atoms with Gasteiger partial charge in [-0.25, -0.2) is 0 Å². The van der Waals surface area contributed by atoms with Gasteiger partial charge in [0.2, 0.25) is 11.2 Å². The summed E-state index contributed by atoms with van der Waals surface area (Å²) in [5, 5.41) is 0.200. The Balaban J connectivity index is 2.18. The van der Waals surface area contributed by atoms with Gasteiger partial charge >= 0.3 is 6.01 Å². The number of halogens is 1. The van der Waals surface area contributed by atoms with Gasteiger partial charge in [-0.15, -0.1) is 0 Å². The van der Waals surface area contributed by atoms with Crippen molar-refractivity contribution >= 4 is 17.5 Å². The SMILES string of the molecule is CCCOc1nc(Cl)nc(N(CC(C)C)C2CC2)n1. The largest absolute Gasteiger partial charge is 0.463 e. The summed E-state index contributed by atoms with van der Waals surface area (Å²) in [5.74, 6) is 1.19.